The van der Waals surface area contributed by atoms with Crippen LogP contribution >= 0.6 is 0 Å². The van der Waals surface area contributed by atoms with Crippen molar-refractivity contribution in [1.82, 2.24) is 0 Å². The SMILES string of the molecule is Fc1cc(N(c2cccc3c2-c2ccccc2C32c3ccccc3-c3ccccc32)c2ccc3ccc4c(N(c5ccc(-c6ccccc6)c(F)c5)c5cccc6c5-c5ccccc5C65c6ccccc6-c6ccccc65)ccc5ccc2c3c54)ccc1-c1ccccc1. The number of hydrogen-bond donors (Lipinski definition) is 0. The molecule has 0 aliphatic heterocycles. The van der Waals surface area contributed by atoms with E-state index >= 15 is 8.78 Å². The summed E-state index contributed by atoms with van der Waals surface area (Å²) in [6, 6.07) is 116. The van der Waals surface area contributed by atoms with Crippen LogP contribution in [0.4, 0.5) is 42.9 Å². The Morgan fingerprint density at radius 1 is 0.223 bits per heavy atom. The fourth-order valence-electron chi connectivity index (χ4n) is 17.6. The Hall–Kier alpha value is -12.0. The van der Waals surface area contributed by atoms with Gasteiger partial charge in [0.05, 0.1) is 33.6 Å². The van der Waals surface area contributed by atoms with Gasteiger partial charge in [0.1, 0.15) is 11.6 Å². The zero-order valence-corrected chi connectivity index (χ0v) is 50.8. The van der Waals surface area contributed by atoms with Crippen LogP contribution in [-0.2, 0) is 10.8 Å². The molecule has 0 saturated carbocycles. The van der Waals surface area contributed by atoms with Crippen LogP contribution in [0, 0.1) is 11.6 Å². The molecule has 20 rings (SSSR count). The van der Waals surface area contributed by atoms with E-state index in [-0.39, 0.29) is 11.6 Å². The summed E-state index contributed by atoms with van der Waals surface area (Å²) in [5, 5.41) is 6.32. The predicted octanol–water partition coefficient (Wildman–Crippen LogP) is 23.8. The summed E-state index contributed by atoms with van der Waals surface area (Å²) in [4.78, 5) is 4.63. The van der Waals surface area contributed by atoms with Gasteiger partial charge in [-0.2, -0.15) is 0 Å². The predicted molar refractivity (Wildman–Crippen MR) is 383 cm³/mol. The van der Waals surface area contributed by atoms with Gasteiger partial charge in [-0.15, -0.1) is 0 Å². The second-order valence-corrected chi connectivity index (χ2v) is 25.5. The standard InChI is InChI=1S/C90H54F2N2/c91-79-53-59(45-49-61(79)55-21-3-1-4-22-55)93(83-39-19-37-77-87(83)67-29-11-17-35-75(67)89(77)71-31-13-7-25-63(71)64-26-8-14-32-72(64)89)81-51-43-57-42-48-70-82(52-44-58-41-47-69(81)85(57)86(58)70)94(60-46-50-62(80(92)54-60)56-23-5-2-6-24-56)84-40-20-38-78-88(84)68-30-12-18-36-76(68)90(78)73-33-15-9-27-65(73)66-28-10-16-34-74(66)90/h1-54H. The van der Waals surface area contributed by atoms with Gasteiger partial charge < -0.3 is 9.80 Å². The van der Waals surface area contributed by atoms with Gasteiger partial charge in [0.25, 0.3) is 0 Å². The maximum Gasteiger partial charge on any atom is 0.133 e. The molecule has 438 valence electrons. The van der Waals surface area contributed by atoms with Crippen LogP contribution < -0.4 is 9.80 Å². The van der Waals surface area contributed by atoms with Crippen molar-refractivity contribution in [2.45, 2.75) is 10.8 Å². The molecule has 94 heavy (non-hydrogen) atoms. The van der Waals surface area contributed by atoms with Crippen molar-refractivity contribution in [2.24, 2.45) is 0 Å². The van der Waals surface area contributed by atoms with Gasteiger partial charge in [-0.25, -0.2) is 8.78 Å². The highest BCUT2D eigenvalue weighted by Crippen LogP contribution is 2.67. The number of fused-ring (bicyclic) bond motifs is 20. The fourth-order valence-corrected chi connectivity index (χ4v) is 17.6. The summed E-state index contributed by atoms with van der Waals surface area (Å²) in [6.45, 7) is 0. The minimum atomic E-state index is -0.605. The second kappa shape index (κ2) is 19.8. The summed E-state index contributed by atoms with van der Waals surface area (Å²) in [6.07, 6.45) is 0. The molecule has 0 bridgehead atoms. The zero-order chi connectivity index (χ0) is 62.0. The van der Waals surface area contributed by atoms with Gasteiger partial charge in [-0.05, 0) is 171 Å². The van der Waals surface area contributed by atoms with Gasteiger partial charge in [-0.1, -0.05) is 267 Å². The largest absolute Gasteiger partial charge is 0.309 e. The van der Waals surface area contributed by atoms with Crippen LogP contribution in [0.15, 0.2) is 328 Å². The van der Waals surface area contributed by atoms with E-state index in [2.05, 4.69) is 252 Å². The average Bonchev–Trinajstić information content (AvgIpc) is 1.50. The second-order valence-electron chi connectivity index (χ2n) is 25.5. The lowest BCUT2D eigenvalue weighted by molar-refractivity contribution is 0.631. The van der Waals surface area contributed by atoms with Crippen molar-refractivity contribution < 1.29 is 8.78 Å². The summed E-state index contributed by atoms with van der Waals surface area (Å²) in [5.41, 5.74) is 25.9. The van der Waals surface area contributed by atoms with Gasteiger partial charge in [0.15, 0.2) is 0 Å². The van der Waals surface area contributed by atoms with E-state index in [1.54, 1.807) is 12.1 Å². The number of anilines is 6. The molecule has 0 amide bonds. The summed E-state index contributed by atoms with van der Waals surface area (Å²) in [5.74, 6) is -0.621. The number of benzene rings is 16. The van der Waals surface area contributed by atoms with Crippen molar-refractivity contribution in [3.8, 4) is 66.8 Å². The van der Waals surface area contributed by atoms with Crippen LogP contribution in [0.25, 0.3) is 99.1 Å². The third kappa shape index (κ3) is 6.96. The van der Waals surface area contributed by atoms with Gasteiger partial charge in [0, 0.05) is 44.4 Å². The lowest BCUT2D eigenvalue weighted by Gasteiger charge is -2.33. The highest BCUT2D eigenvalue weighted by Gasteiger charge is 2.54. The lowest BCUT2D eigenvalue weighted by atomic mass is 9.70. The van der Waals surface area contributed by atoms with E-state index < -0.39 is 10.8 Å². The van der Waals surface area contributed by atoms with E-state index in [1.165, 1.54) is 66.8 Å². The number of halogens is 2. The molecule has 4 heteroatoms. The monoisotopic (exact) mass is 1200 g/mol. The Balaban J connectivity index is 0.844. The molecule has 0 N–H and O–H groups in total. The van der Waals surface area contributed by atoms with Crippen molar-refractivity contribution in [3.05, 3.63) is 384 Å². The molecule has 16 aromatic carbocycles. The van der Waals surface area contributed by atoms with Crippen LogP contribution in [0.3, 0.4) is 0 Å². The van der Waals surface area contributed by atoms with E-state index in [0.717, 1.165) is 88.4 Å². The summed E-state index contributed by atoms with van der Waals surface area (Å²) < 4.78 is 35.0. The van der Waals surface area contributed by atoms with Crippen LogP contribution in [0.1, 0.15) is 44.5 Å². The minimum Gasteiger partial charge on any atom is -0.309 e. The third-order valence-corrected chi connectivity index (χ3v) is 21.2. The maximum absolute atomic E-state index is 17.5. The number of rotatable bonds is 8. The first-order valence-electron chi connectivity index (χ1n) is 32.4. The molecular formula is C90H54F2N2. The fraction of sp³-hybridized carbons (Fsp3) is 0.0222. The lowest BCUT2D eigenvalue weighted by Crippen LogP contribution is -2.26. The molecule has 4 aliphatic rings. The first-order chi connectivity index (χ1) is 46.5. The molecular weight excluding hydrogens is 1150 g/mol. The Bertz CT molecular complexity index is 5420. The topological polar surface area (TPSA) is 6.48 Å². The van der Waals surface area contributed by atoms with Crippen LogP contribution in [0.5, 0.6) is 0 Å². The van der Waals surface area contributed by atoms with Gasteiger partial charge >= 0.3 is 0 Å². The quantitative estimate of drug-likeness (QED) is 0.140. The smallest absolute Gasteiger partial charge is 0.133 e. The molecule has 0 unspecified atom stereocenters. The Morgan fingerprint density at radius 3 is 0.894 bits per heavy atom. The molecule has 2 spiro atoms. The van der Waals surface area contributed by atoms with Crippen molar-refractivity contribution in [3.63, 3.8) is 0 Å². The molecule has 0 radical (unpaired) electrons. The molecule has 2 nitrogen and oxygen atoms in total. The van der Waals surface area contributed by atoms with E-state index in [1.807, 2.05) is 72.8 Å². The molecule has 0 saturated heterocycles. The van der Waals surface area contributed by atoms with E-state index in [0.29, 0.717) is 22.5 Å². The summed E-state index contributed by atoms with van der Waals surface area (Å²) >= 11 is 0. The van der Waals surface area contributed by atoms with E-state index in [4.69, 9.17) is 0 Å². The number of nitrogens with zero attached hydrogens (tertiary/aromatic N) is 2. The van der Waals surface area contributed by atoms with Crippen molar-refractivity contribution in [2.75, 3.05) is 9.80 Å². The highest BCUT2D eigenvalue weighted by atomic mass is 19.1. The van der Waals surface area contributed by atoms with Gasteiger partial charge in [-0.3, -0.25) is 0 Å². The molecule has 0 aromatic heterocycles. The van der Waals surface area contributed by atoms with Gasteiger partial charge in [0.2, 0.25) is 0 Å². The molecule has 16 aromatic rings. The minimum absolute atomic E-state index is 0.310. The zero-order valence-electron chi connectivity index (χ0n) is 50.8. The maximum atomic E-state index is 17.5. The first-order valence-corrected chi connectivity index (χ1v) is 32.4. The Morgan fingerprint density at radius 2 is 0.532 bits per heavy atom. The van der Waals surface area contributed by atoms with Crippen molar-refractivity contribution >= 4 is 66.4 Å². The molecule has 4 aliphatic carbocycles. The van der Waals surface area contributed by atoms with E-state index in [9.17, 15) is 0 Å². The van der Waals surface area contributed by atoms with Crippen LogP contribution in [0.2, 0.25) is 0 Å². The normalized spacial score (nSPS) is 13.6. The number of hydrogen-bond acceptors (Lipinski definition) is 2. The molecule has 0 atom stereocenters. The highest BCUT2D eigenvalue weighted by molar-refractivity contribution is 6.28. The van der Waals surface area contributed by atoms with Crippen molar-refractivity contribution in [1.29, 1.82) is 0 Å². The third-order valence-electron chi connectivity index (χ3n) is 21.2. The molecule has 0 fully saturated rings. The molecule has 0 heterocycles. The Kier molecular flexibility index (Phi) is 11.1. The Labute approximate surface area is 543 Å². The first kappa shape index (κ1) is 52.8. The average molecular weight is 1200 g/mol. The summed E-state index contributed by atoms with van der Waals surface area (Å²) in [7, 11) is 0. The van der Waals surface area contributed by atoms with Crippen LogP contribution in [-0.4, -0.2) is 0 Å².